The summed E-state index contributed by atoms with van der Waals surface area (Å²) in [5.74, 6) is 0.753. The molecule has 0 spiro atoms. The van der Waals surface area contributed by atoms with Crippen LogP contribution in [-0.2, 0) is 0 Å². The number of hydrogen-bond acceptors (Lipinski definition) is 3. The first kappa shape index (κ1) is 13.7. The number of urea groups is 1. The molecule has 0 aliphatic heterocycles. The van der Waals surface area contributed by atoms with E-state index < -0.39 is 0 Å². The molecule has 0 heterocycles. The van der Waals surface area contributed by atoms with Gasteiger partial charge in [-0.25, -0.2) is 4.79 Å². The van der Waals surface area contributed by atoms with Crippen LogP contribution in [0.15, 0.2) is 42.5 Å². The normalized spacial score (nSPS) is 9.90. The van der Waals surface area contributed by atoms with Gasteiger partial charge >= 0.3 is 6.03 Å². The minimum atomic E-state index is -0.372. The lowest BCUT2D eigenvalue weighted by Gasteiger charge is -2.12. The number of benzene rings is 2. The number of anilines is 2. The number of rotatable bonds is 3. The highest BCUT2D eigenvalue weighted by Crippen LogP contribution is 2.24. The topological polar surface area (TPSA) is 70.6 Å². The average molecular weight is 272 g/mol. The van der Waals surface area contributed by atoms with Gasteiger partial charge in [-0.3, -0.25) is 0 Å². The van der Waals surface area contributed by atoms with Crippen molar-refractivity contribution in [1.29, 1.82) is 0 Å². The van der Waals surface area contributed by atoms with E-state index in [1.807, 2.05) is 12.1 Å². The van der Waals surface area contributed by atoms with Crippen LogP contribution in [0, 0.1) is 6.92 Å². The van der Waals surface area contributed by atoms with Crippen molar-refractivity contribution >= 4 is 17.4 Å². The first-order valence-electron chi connectivity index (χ1n) is 6.11. The molecule has 0 aliphatic rings. The number of aromatic hydroxyl groups is 1. The fraction of sp³-hybridized carbons (Fsp3) is 0.133. The highest BCUT2D eigenvalue weighted by molar-refractivity contribution is 6.01. The Balaban J connectivity index is 2.09. The molecule has 2 amide bonds. The van der Waals surface area contributed by atoms with E-state index in [0.717, 1.165) is 5.56 Å². The number of hydrogen-bond donors (Lipinski definition) is 3. The second-order valence-corrected chi connectivity index (χ2v) is 4.28. The lowest BCUT2D eigenvalue weighted by molar-refractivity contribution is 0.262. The van der Waals surface area contributed by atoms with Crippen LogP contribution in [0.4, 0.5) is 16.2 Å². The fourth-order valence-corrected chi connectivity index (χ4v) is 1.81. The second-order valence-electron chi connectivity index (χ2n) is 4.28. The van der Waals surface area contributed by atoms with E-state index in [9.17, 15) is 9.90 Å². The summed E-state index contributed by atoms with van der Waals surface area (Å²) in [6, 6.07) is 11.5. The number of nitrogens with one attached hydrogen (secondary N) is 2. The summed E-state index contributed by atoms with van der Waals surface area (Å²) < 4.78 is 5.16. The van der Waals surface area contributed by atoms with Gasteiger partial charge in [-0.1, -0.05) is 12.1 Å². The van der Waals surface area contributed by atoms with Crippen molar-refractivity contribution in [1.82, 2.24) is 0 Å². The average Bonchev–Trinajstić information content (AvgIpc) is 2.42. The minimum absolute atomic E-state index is 0.165. The number of para-hydroxylation sites is 2. The molecule has 0 bridgehead atoms. The van der Waals surface area contributed by atoms with E-state index in [-0.39, 0.29) is 11.8 Å². The monoisotopic (exact) mass is 272 g/mol. The van der Waals surface area contributed by atoms with Gasteiger partial charge in [0.25, 0.3) is 0 Å². The van der Waals surface area contributed by atoms with Crippen molar-refractivity contribution in [3.63, 3.8) is 0 Å². The third-order valence-electron chi connectivity index (χ3n) is 2.81. The number of phenolic OH excluding ortho intramolecular Hbond substituents is 1. The molecule has 0 aliphatic carbocycles. The van der Waals surface area contributed by atoms with Gasteiger partial charge in [0.1, 0.15) is 11.5 Å². The maximum absolute atomic E-state index is 11.9. The van der Waals surface area contributed by atoms with E-state index in [2.05, 4.69) is 10.6 Å². The van der Waals surface area contributed by atoms with E-state index in [1.165, 1.54) is 6.07 Å². The van der Waals surface area contributed by atoms with Crippen molar-refractivity contribution in [2.75, 3.05) is 17.7 Å². The van der Waals surface area contributed by atoms with Gasteiger partial charge < -0.3 is 20.5 Å². The van der Waals surface area contributed by atoms with E-state index in [4.69, 9.17) is 4.74 Å². The van der Waals surface area contributed by atoms with Crippen molar-refractivity contribution in [3.8, 4) is 11.5 Å². The molecule has 0 aromatic heterocycles. The largest absolute Gasteiger partial charge is 0.508 e. The summed E-state index contributed by atoms with van der Waals surface area (Å²) in [5.41, 5.74) is 2.00. The quantitative estimate of drug-likeness (QED) is 0.750. The van der Waals surface area contributed by atoms with E-state index in [0.29, 0.717) is 17.1 Å². The third kappa shape index (κ3) is 3.20. The van der Waals surface area contributed by atoms with Crippen LogP contribution in [0.5, 0.6) is 11.5 Å². The Kier molecular flexibility index (Phi) is 4.10. The Morgan fingerprint density at radius 3 is 2.50 bits per heavy atom. The molecule has 20 heavy (non-hydrogen) atoms. The summed E-state index contributed by atoms with van der Waals surface area (Å²) in [6.45, 7) is 1.80. The molecule has 2 rings (SSSR count). The van der Waals surface area contributed by atoms with Crippen LogP contribution in [0.25, 0.3) is 0 Å². The lowest BCUT2D eigenvalue weighted by Crippen LogP contribution is -2.20. The number of methoxy groups -OCH3 is 1. The molecule has 0 fully saturated rings. The van der Waals surface area contributed by atoms with Gasteiger partial charge in [-0.2, -0.15) is 0 Å². The van der Waals surface area contributed by atoms with Crippen molar-refractivity contribution in [2.45, 2.75) is 6.92 Å². The summed E-state index contributed by atoms with van der Waals surface area (Å²) in [5, 5.41) is 14.8. The van der Waals surface area contributed by atoms with Crippen molar-refractivity contribution in [3.05, 3.63) is 48.0 Å². The number of ether oxygens (including phenoxy) is 1. The summed E-state index contributed by atoms with van der Waals surface area (Å²) in [6.07, 6.45) is 0. The molecular formula is C15H16N2O3. The molecule has 0 radical (unpaired) electrons. The standard InChI is InChI=1S/C15H16N2O3/c1-10-9-11(18)7-8-12(10)16-15(19)17-13-5-3-4-6-14(13)20-2/h3-9,18H,1-2H3,(H2,16,17,19). The van der Waals surface area contributed by atoms with Crippen LogP contribution in [0.3, 0.4) is 0 Å². The zero-order chi connectivity index (χ0) is 14.5. The first-order valence-corrected chi connectivity index (χ1v) is 6.11. The number of phenols is 1. The highest BCUT2D eigenvalue weighted by Gasteiger charge is 2.08. The molecule has 104 valence electrons. The van der Waals surface area contributed by atoms with Crippen LogP contribution >= 0.6 is 0 Å². The fourth-order valence-electron chi connectivity index (χ4n) is 1.81. The van der Waals surface area contributed by atoms with Crippen molar-refractivity contribution in [2.24, 2.45) is 0 Å². The molecule has 2 aromatic rings. The van der Waals surface area contributed by atoms with Gasteiger partial charge in [0, 0.05) is 5.69 Å². The molecule has 0 atom stereocenters. The van der Waals surface area contributed by atoms with Gasteiger partial charge in [-0.15, -0.1) is 0 Å². The van der Waals surface area contributed by atoms with Crippen LogP contribution in [-0.4, -0.2) is 18.2 Å². The summed E-state index contributed by atoms with van der Waals surface area (Å²) in [7, 11) is 1.54. The summed E-state index contributed by atoms with van der Waals surface area (Å²) in [4.78, 5) is 11.9. The lowest BCUT2D eigenvalue weighted by atomic mass is 10.2. The van der Waals surface area contributed by atoms with Gasteiger partial charge in [0.15, 0.2) is 0 Å². The molecule has 5 heteroatoms. The maximum Gasteiger partial charge on any atom is 0.323 e. The zero-order valence-electron chi connectivity index (χ0n) is 11.3. The van der Waals surface area contributed by atoms with E-state index >= 15 is 0 Å². The molecular weight excluding hydrogens is 256 g/mol. The Labute approximate surface area is 117 Å². The Hall–Kier alpha value is -2.69. The minimum Gasteiger partial charge on any atom is -0.508 e. The molecule has 0 unspecified atom stereocenters. The Bertz CT molecular complexity index is 626. The third-order valence-corrected chi connectivity index (χ3v) is 2.81. The number of aryl methyl sites for hydroxylation is 1. The number of carbonyl (C=O) groups excluding carboxylic acids is 1. The maximum atomic E-state index is 11.9. The van der Waals surface area contributed by atoms with Crippen molar-refractivity contribution < 1.29 is 14.6 Å². The molecule has 3 N–H and O–H groups in total. The first-order chi connectivity index (χ1) is 9.60. The molecule has 0 saturated heterocycles. The van der Waals surface area contributed by atoms with Crippen LogP contribution < -0.4 is 15.4 Å². The molecule has 2 aromatic carbocycles. The van der Waals surface area contributed by atoms with Gasteiger partial charge in [0.2, 0.25) is 0 Å². The number of carbonyl (C=O) groups is 1. The summed E-state index contributed by atoms with van der Waals surface area (Å²) >= 11 is 0. The second kappa shape index (κ2) is 5.97. The number of amides is 2. The Morgan fingerprint density at radius 2 is 1.80 bits per heavy atom. The Morgan fingerprint density at radius 1 is 1.10 bits per heavy atom. The molecule has 0 saturated carbocycles. The molecule has 5 nitrogen and oxygen atoms in total. The predicted molar refractivity (Wildman–Crippen MR) is 78.5 cm³/mol. The van der Waals surface area contributed by atoms with E-state index in [1.54, 1.807) is 38.3 Å². The smallest absolute Gasteiger partial charge is 0.323 e. The van der Waals surface area contributed by atoms with Gasteiger partial charge in [-0.05, 0) is 42.8 Å². The van der Waals surface area contributed by atoms with Crippen LogP contribution in [0.2, 0.25) is 0 Å². The SMILES string of the molecule is COc1ccccc1NC(=O)Nc1ccc(O)cc1C. The highest BCUT2D eigenvalue weighted by atomic mass is 16.5. The zero-order valence-corrected chi connectivity index (χ0v) is 11.3. The van der Waals surface area contributed by atoms with Crippen LogP contribution in [0.1, 0.15) is 5.56 Å². The van der Waals surface area contributed by atoms with Gasteiger partial charge in [0.05, 0.1) is 12.8 Å². The predicted octanol–water partition coefficient (Wildman–Crippen LogP) is 3.35.